The number of ether oxygens (including phenoxy) is 1. The van der Waals surface area contributed by atoms with Gasteiger partial charge in [0, 0.05) is 24.4 Å². The molecule has 7 heteroatoms. The first-order valence-electron chi connectivity index (χ1n) is 9.29. The number of aromatic nitrogens is 3. The maximum absolute atomic E-state index is 11.5. The summed E-state index contributed by atoms with van der Waals surface area (Å²) in [6.07, 6.45) is 10.3. The molecular weight excluding hydrogens is 330 g/mol. The smallest absolute Gasteiger partial charge is 0.215 e. The molecule has 0 bridgehead atoms. The van der Waals surface area contributed by atoms with Gasteiger partial charge in [0.05, 0.1) is 19.0 Å². The van der Waals surface area contributed by atoms with Crippen LogP contribution >= 0.6 is 0 Å². The number of carbonyl (C=O) groups is 1. The van der Waals surface area contributed by atoms with Crippen molar-refractivity contribution in [3.8, 4) is 17.0 Å². The van der Waals surface area contributed by atoms with Crippen LogP contribution in [0.1, 0.15) is 32.1 Å². The lowest BCUT2D eigenvalue weighted by atomic mass is 10.1. The number of unbranched alkanes of at least 4 members (excludes halogenated alkanes) is 1. The summed E-state index contributed by atoms with van der Waals surface area (Å²) in [4.78, 5) is 19.8. The number of rotatable bonds is 9. The van der Waals surface area contributed by atoms with Gasteiger partial charge >= 0.3 is 0 Å². The largest absolute Gasteiger partial charge is 0.495 e. The number of methoxy groups -OCH3 is 1. The van der Waals surface area contributed by atoms with Crippen molar-refractivity contribution in [3.05, 3.63) is 24.5 Å². The van der Waals surface area contributed by atoms with E-state index in [1.807, 2.05) is 12.1 Å². The first kappa shape index (κ1) is 18.4. The Kier molecular flexibility index (Phi) is 6.60. The molecule has 26 heavy (non-hydrogen) atoms. The normalized spacial score (nSPS) is 15.0. The molecule has 7 nitrogen and oxygen atoms in total. The van der Waals surface area contributed by atoms with E-state index >= 15 is 0 Å². The molecule has 1 fully saturated rings. The first-order valence-corrected chi connectivity index (χ1v) is 9.29. The van der Waals surface area contributed by atoms with E-state index in [1.54, 1.807) is 24.4 Å². The van der Waals surface area contributed by atoms with Crippen molar-refractivity contribution in [3.63, 3.8) is 0 Å². The highest BCUT2D eigenvalue weighted by Gasteiger charge is 2.12. The minimum Gasteiger partial charge on any atom is -0.495 e. The Morgan fingerprint density at radius 2 is 2.08 bits per heavy atom. The van der Waals surface area contributed by atoms with Gasteiger partial charge < -0.3 is 9.64 Å². The highest BCUT2D eigenvalue weighted by molar-refractivity contribution is 5.75. The predicted octanol–water partition coefficient (Wildman–Crippen LogP) is 2.71. The number of aromatic amines is 1. The summed E-state index contributed by atoms with van der Waals surface area (Å²) < 4.78 is 5.20. The molecule has 2 aromatic heterocycles. The van der Waals surface area contributed by atoms with Crippen LogP contribution in [0.15, 0.2) is 24.5 Å². The highest BCUT2D eigenvalue weighted by Crippen LogP contribution is 2.24. The summed E-state index contributed by atoms with van der Waals surface area (Å²) >= 11 is 0. The van der Waals surface area contributed by atoms with Crippen LogP contribution in [0.2, 0.25) is 0 Å². The summed E-state index contributed by atoms with van der Waals surface area (Å²) in [6, 6.07) is 3.74. The third-order valence-electron chi connectivity index (χ3n) is 4.82. The van der Waals surface area contributed by atoms with E-state index in [4.69, 9.17) is 4.74 Å². The summed E-state index contributed by atoms with van der Waals surface area (Å²) in [7, 11) is 1.61. The van der Waals surface area contributed by atoms with E-state index in [0.29, 0.717) is 18.1 Å². The van der Waals surface area contributed by atoms with E-state index in [-0.39, 0.29) is 0 Å². The van der Waals surface area contributed by atoms with Crippen LogP contribution in [0.3, 0.4) is 0 Å². The monoisotopic (exact) mass is 357 g/mol. The molecule has 140 valence electrons. The van der Waals surface area contributed by atoms with Crippen LogP contribution in [-0.4, -0.2) is 59.8 Å². The van der Waals surface area contributed by atoms with Crippen molar-refractivity contribution in [1.29, 1.82) is 0 Å². The van der Waals surface area contributed by atoms with Crippen LogP contribution in [0.5, 0.6) is 5.75 Å². The highest BCUT2D eigenvalue weighted by atomic mass is 16.5. The standard InChI is InChI=1S/C19H27N5O2/c1-26-17-11-16(13-20-14-17)18-12-19(22-21-18)24(15-25)10-6-5-9-23-7-3-2-4-8-23/h11-15H,2-10H2,1H3,(H,21,22). The molecule has 0 aliphatic carbocycles. The number of likely N-dealkylation sites (tertiary alicyclic amines) is 1. The van der Waals surface area contributed by atoms with Gasteiger partial charge in [-0.15, -0.1) is 0 Å². The number of nitrogens with one attached hydrogen (secondary N) is 1. The van der Waals surface area contributed by atoms with Crippen molar-refractivity contribution in [2.45, 2.75) is 32.1 Å². The van der Waals surface area contributed by atoms with E-state index < -0.39 is 0 Å². The molecule has 0 unspecified atom stereocenters. The maximum Gasteiger partial charge on any atom is 0.215 e. The van der Waals surface area contributed by atoms with Crippen molar-refractivity contribution in [2.75, 3.05) is 38.2 Å². The van der Waals surface area contributed by atoms with Gasteiger partial charge in [-0.3, -0.25) is 19.8 Å². The number of piperidine rings is 1. The summed E-state index contributed by atoms with van der Waals surface area (Å²) in [5, 5.41) is 7.25. The van der Waals surface area contributed by atoms with Crippen LogP contribution in [-0.2, 0) is 4.79 Å². The molecule has 1 aliphatic heterocycles. The number of hydrogen-bond donors (Lipinski definition) is 1. The summed E-state index contributed by atoms with van der Waals surface area (Å²) in [5.41, 5.74) is 1.59. The third kappa shape index (κ3) is 4.82. The minimum atomic E-state index is 0.678. The van der Waals surface area contributed by atoms with Crippen molar-refractivity contribution >= 4 is 12.2 Å². The molecule has 0 spiro atoms. The van der Waals surface area contributed by atoms with Crippen LogP contribution in [0, 0.1) is 0 Å². The number of hydrogen-bond acceptors (Lipinski definition) is 5. The van der Waals surface area contributed by atoms with E-state index in [1.165, 1.54) is 32.4 Å². The van der Waals surface area contributed by atoms with Crippen molar-refractivity contribution < 1.29 is 9.53 Å². The zero-order valence-electron chi connectivity index (χ0n) is 15.4. The number of H-pyrrole nitrogens is 1. The zero-order chi connectivity index (χ0) is 18.2. The van der Waals surface area contributed by atoms with Crippen LogP contribution in [0.25, 0.3) is 11.3 Å². The average Bonchev–Trinajstić information content (AvgIpc) is 3.19. The lowest BCUT2D eigenvalue weighted by molar-refractivity contribution is -0.107. The topological polar surface area (TPSA) is 74.3 Å². The molecule has 0 radical (unpaired) electrons. The fraction of sp³-hybridized carbons (Fsp3) is 0.526. The fourth-order valence-electron chi connectivity index (χ4n) is 3.31. The Morgan fingerprint density at radius 3 is 2.85 bits per heavy atom. The molecule has 1 aliphatic rings. The van der Waals surface area contributed by atoms with Gasteiger partial charge in [0.25, 0.3) is 0 Å². The second-order valence-corrected chi connectivity index (χ2v) is 6.66. The summed E-state index contributed by atoms with van der Waals surface area (Å²) in [6.45, 7) is 4.25. The maximum atomic E-state index is 11.5. The van der Waals surface area contributed by atoms with Gasteiger partial charge in [0.2, 0.25) is 6.41 Å². The average molecular weight is 357 g/mol. The van der Waals surface area contributed by atoms with Crippen molar-refractivity contribution in [1.82, 2.24) is 20.1 Å². The Morgan fingerprint density at radius 1 is 1.23 bits per heavy atom. The van der Waals surface area contributed by atoms with Crippen LogP contribution < -0.4 is 9.64 Å². The van der Waals surface area contributed by atoms with Gasteiger partial charge in [0.1, 0.15) is 11.6 Å². The number of pyridine rings is 1. The molecule has 1 amide bonds. The molecule has 1 saturated heterocycles. The predicted molar refractivity (Wildman–Crippen MR) is 101 cm³/mol. The molecule has 3 heterocycles. The van der Waals surface area contributed by atoms with Gasteiger partial charge in [-0.1, -0.05) is 6.42 Å². The van der Waals surface area contributed by atoms with E-state index in [2.05, 4.69) is 20.1 Å². The van der Waals surface area contributed by atoms with Gasteiger partial charge in [-0.25, -0.2) is 0 Å². The number of anilines is 1. The van der Waals surface area contributed by atoms with E-state index in [0.717, 1.165) is 37.1 Å². The molecule has 0 saturated carbocycles. The number of nitrogens with zero attached hydrogens (tertiary/aromatic N) is 4. The second-order valence-electron chi connectivity index (χ2n) is 6.66. The quantitative estimate of drug-likeness (QED) is 0.552. The Bertz CT molecular complexity index is 697. The zero-order valence-corrected chi connectivity index (χ0v) is 15.4. The Hall–Kier alpha value is -2.41. The first-order chi connectivity index (χ1) is 12.8. The lowest BCUT2D eigenvalue weighted by Gasteiger charge is -2.26. The molecular formula is C19H27N5O2. The molecule has 2 aromatic rings. The van der Waals surface area contributed by atoms with E-state index in [9.17, 15) is 4.79 Å². The molecule has 0 aromatic carbocycles. The minimum absolute atomic E-state index is 0.678. The number of carbonyl (C=O) groups excluding carboxylic acids is 1. The fourth-order valence-corrected chi connectivity index (χ4v) is 3.31. The number of amides is 1. The van der Waals surface area contributed by atoms with Crippen molar-refractivity contribution in [2.24, 2.45) is 0 Å². The lowest BCUT2D eigenvalue weighted by Crippen LogP contribution is -2.31. The Balaban J connectivity index is 1.53. The van der Waals surface area contributed by atoms with Gasteiger partial charge in [-0.05, 0) is 51.4 Å². The van der Waals surface area contributed by atoms with Crippen LogP contribution in [0.4, 0.5) is 5.82 Å². The molecule has 1 N–H and O–H groups in total. The second kappa shape index (κ2) is 9.33. The Labute approximate surface area is 154 Å². The molecule has 0 atom stereocenters. The molecule has 3 rings (SSSR count). The van der Waals surface area contributed by atoms with Gasteiger partial charge in [0.15, 0.2) is 0 Å². The summed E-state index contributed by atoms with van der Waals surface area (Å²) in [5.74, 6) is 1.38. The SMILES string of the molecule is COc1cncc(-c2cc(N(C=O)CCCCN3CCCCC3)[nH]n2)c1. The third-order valence-corrected chi connectivity index (χ3v) is 4.82. The van der Waals surface area contributed by atoms with Gasteiger partial charge in [-0.2, -0.15) is 5.10 Å².